The molecule has 3 heteroatoms. The van der Waals surface area contributed by atoms with Crippen molar-refractivity contribution in [1.82, 2.24) is 0 Å². The third-order valence-corrected chi connectivity index (χ3v) is 1.49. The van der Waals surface area contributed by atoms with Crippen molar-refractivity contribution in [1.29, 1.82) is 0 Å². The van der Waals surface area contributed by atoms with Crippen molar-refractivity contribution in [2.24, 2.45) is 5.73 Å². The van der Waals surface area contributed by atoms with Crippen molar-refractivity contribution in [3.8, 4) is 0 Å². The molecule has 3 N–H and O–H groups in total. The molecule has 58 valence electrons. The van der Waals surface area contributed by atoms with E-state index < -0.39 is 11.5 Å². The van der Waals surface area contributed by atoms with Crippen molar-refractivity contribution in [3.63, 3.8) is 0 Å². The van der Waals surface area contributed by atoms with Crippen LogP contribution in [0.5, 0.6) is 0 Å². The van der Waals surface area contributed by atoms with E-state index in [1.807, 2.05) is 0 Å². The first-order chi connectivity index (χ1) is 4.36. The standard InChI is InChI=1S/C7H13NO2/c1-5(2)7(3,8)4-6(9)10/h1,4,8H2,2-3H3,(H,9,10). The van der Waals surface area contributed by atoms with E-state index in [1.165, 1.54) is 0 Å². The van der Waals surface area contributed by atoms with E-state index in [1.54, 1.807) is 13.8 Å². The molecule has 0 bridgehead atoms. The van der Waals surface area contributed by atoms with Crippen molar-refractivity contribution in [2.45, 2.75) is 25.8 Å². The highest BCUT2D eigenvalue weighted by Gasteiger charge is 2.22. The van der Waals surface area contributed by atoms with E-state index >= 15 is 0 Å². The van der Waals surface area contributed by atoms with Crippen LogP contribution in [-0.4, -0.2) is 16.6 Å². The first-order valence-electron chi connectivity index (χ1n) is 3.03. The lowest BCUT2D eigenvalue weighted by Crippen LogP contribution is -2.39. The molecule has 0 aromatic rings. The fourth-order valence-electron chi connectivity index (χ4n) is 0.465. The maximum absolute atomic E-state index is 10.2. The number of aliphatic carboxylic acids is 1. The van der Waals surface area contributed by atoms with Gasteiger partial charge in [0.25, 0.3) is 0 Å². The van der Waals surface area contributed by atoms with E-state index in [9.17, 15) is 4.79 Å². The summed E-state index contributed by atoms with van der Waals surface area (Å²) in [5.74, 6) is -0.895. The lowest BCUT2D eigenvalue weighted by atomic mass is 9.92. The second-order valence-corrected chi connectivity index (χ2v) is 2.77. The van der Waals surface area contributed by atoms with Gasteiger partial charge in [0.2, 0.25) is 0 Å². The Morgan fingerprint density at radius 1 is 1.80 bits per heavy atom. The maximum Gasteiger partial charge on any atom is 0.305 e. The number of nitrogens with two attached hydrogens (primary N) is 1. The van der Waals surface area contributed by atoms with Gasteiger partial charge in [0, 0.05) is 5.54 Å². The third-order valence-electron chi connectivity index (χ3n) is 1.49. The zero-order valence-corrected chi connectivity index (χ0v) is 6.35. The molecule has 10 heavy (non-hydrogen) atoms. The molecule has 0 amide bonds. The number of carbonyl (C=O) groups is 1. The molecule has 0 aliphatic heterocycles. The molecule has 0 saturated carbocycles. The van der Waals surface area contributed by atoms with Gasteiger partial charge in [-0.1, -0.05) is 12.2 Å². The molecule has 0 fully saturated rings. The van der Waals surface area contributed by atoms with Gasteiger partial charge in [0.15, 0.2) is 0 Å². The molecule has 0 rings (SSSR count). The molecule has 0 aliphatic carbocycles. The predicted molar refractivity (Wildman–Crippen MR) is 39.7 cm³/mol. The minimum Gasteiger partial charge on any atom is -0.481 e. The summed E-state index contributed by atoms with van der Waals surface area (Å²) in [5, 5.41) is 8.38. The lowest BCUT2D eigenvalue weighted by Gasteiger charge is -2.22. The van der Waals surface area contributed by atoms with E-state index in [2.05, 4.69) is 6.58 Å². The average molecular weight is 143 g/mol. The van der Waals surface area contributed by atoms with Crippen LogP contribution >= 0.6 is 0 Å². The van der Waals surface area contributed by atoms with Crippen LogP contribution in [0.15, 0.2) is 12.2 Å². The Labute approximate surface area is 60.5 Å². The first kappa shape index (κ1) is 9.17. The third kappa shape index (κ3) is 2.64. The van der Waals surface area contributed by atoms with Crippen LogP contribution in [0.4, 0.5) is 0 Å². The summed E-state index contributed by atoms with van der Waals surface area (Å²) in [6, 6.07) is 0. The number of hydrogen-bond donors (Lipinski definition) is 2. The molecule has 0 aromatic carbocycles. The molecule has 1 unspecified atom stereocenters. The first-order valence-corrected chi connectivity index (χ1v) is 3.03. The molecule has 0 spiro atoms. The zero-order valence-electron chi connectivity index (χ0n) is 6.35. The van der Waals surface area contributed by atoms with Crippen LogP contribution in [0, 0.1) is 0 Å². The molecular formula is C7H13NO2. The average Bonchev–Trinajstić information content (AvgIpc) is 1.60. The summed E-state index contributed by atoms with van der Waals surface area (Å²) >= 11 is 0. The number of rotatable bonds is 3. The second kappa shape index (κ2) is 2.84. The molecule has 1 atom stereocenters. The van der Waals surface area contributed by atoms with Crippen molar-refractivity contribution >= 4 is 5.97 Å². The molecule has 0 heterocycles. The van der Waals surface area contributed by atoms with Crippen LogP contribution < -0.4 is 5.73 Å². The van der Waals surface area contributed by atoms with E-state index in [0.29, 0.717) is 5.57 Å². The van der Waals surface area contributed by atoms with Crippen molar-refractivity contribution < 1.29 is 9.90 Å². The Bertz CT molecular complexity index is 161. The minimum atomic E-state index is -0.895. The molecular weight excluding hydrogens is 130 g/mol. The summed E-state index contributed by atoms with van der Waals surface area (Å²) in [7, 11) is 0. The highest BCUT2D eigenvalue weighted by atomic mass is 16.4. The normalized spacial score (nSPS) is 15.9. The summed E-state index contributed by atoms with van der Waals surface area (Å²) < 4.78 is 0. The van der Waals surface area contributed by atoms with Crippen LogP contribution in [0.1, 0.15) is 20.3 Å². The second-order valence-electron chi connectivity index (χ2n) is 2.77. The van der Waals surface area contributed by atoms with Gasteiger partial charge >= 0.3 is 5.97 Å². The number of hydrogen-bond acceptors (Lipinski definition) is 2. The number of carboxylic acids is 1. The topological polar surface area (TPSA) is 63.3 Å². The van der Waals surface area contributed by atoms with Crippen molar-refractivity contribution in [3.05, 3.63) is 12.2 Å². The molecule has 0 saturated heterocycles. The van der Waals surface area contributed by atoms with E-state index in [4.69, 9.17) is 10.8 Å². The van der Waals surface area contributed by atoms with Gasteiger partial charge < -0.3 is 10.8 Å². The Morgan fingerprint density at radius 2 is 2.20 bits per heavy atom. The largest absolute Gasteiger partial charge is 0.481 e. The monoisotopic (exact) mass is 143 g/mol. The summed E-state index contributed by atoms with van der Waals surface area (Å²) in [6.45, 7) is 6.97. The molecule has 3 nitrogen and oxygen atoms in total. The van der Waals surface area contributed by atoms with Gasteiger partial charge in [0.05, 0.1) is 6.42 Å². The quantitative estimate of drug-likeness (QED) is 0.573. The molecule has 0 aromatic heterocycles. The Morgan fingerprint density at radius 3 is 2.30 bits per heavy atom. The zero-order chi connectivity index (χ0) is 8.36. The fourth-order valence-corrected chi connectivity index (χ4v) is 0.465. The Balaban J connectivity index is 4.13. The van der Waals surface area contributed by atoms with Gasteiger partial charge in [-0.3, -0.25) is 4.79 Å². The summed E-state index contributed by atoms with van der Waals surface area (Å²) in [6.07, 6.45) is -0.0671. The highest BCUT2D eigenvalue weighted by Crippen LogP contribution is 2.14. The highest BCUT2D eigenvalue weighted by molar-refractivity contribution is 5.69. The van der Waals surface area contributed by atoms with Gasteiger partial charge in [-0.15, -0.1) is 0 Å². The molecule has 0 radical (unpaired) electrons. The van der Waals surface area contributed by atoms with Gasteiger partial charge in [-0.2, -0.15) is 0 Å². The Kier molecular flexibility index (Phi) is 2.60. The lowest BCUT2D eigenvalue weighted by molar-refractivity contribution is -0.137. The van der Waals surface area contributed by atoms with Crippen molar-refractivity contribution in [2.75, 3.05) is 0 Å². The van der Waals surface area contributed by atoms with Gasteiger partial charge in [-0.05, 0) is 13.8 Å². The SMILES string of the molecule is C=C(C)C(C)(N)CC(=O)O. The van der Waals surface area contributed by atoms with Crippen LogP contribution in [0.3, 0.4) is 0 Å². The Hall–Kier alpha value is -0.830. The van der Waals surface area contributed by atoms with Gasteiger partial charge in [-0.25, -0.2) is 0 Å². The predicted octanol–water partition coefficient (Wildman–Crippen LogP) is 0.755. The smallest absolute Gasteiger partial charge is 0.305 e. The minimum absolute atomic E-state index is 0.0671. The fraction of sp³-hybridized carbons (Fsp3) is 0.571. The van der Waals surface area contributed by atoms with Crippen LogP contribution in [-0.2, 0) is 4.79 Å². The summed E-state index contributed by atoms with van der Waals surface area (Å²) in [4.78, 5) is 10.2. The number of carboxylic acid groups (broad SMARTS) is 1. The van der Waals surface area contributed by atoms with E-state index in [0.717, 1.165) is 0 Å². The maximum atomic E-state index is 10.2. The summed E-state index contributed by atoms with van der Waals surface area (Å²) in [5.41, 5.74) is 5.50. The van der Waals surface area contributed by atoms with Crippen LogP contribution in [0.2, 0.25) is 0 Å². The van der Waals surface area contributed by atoms with Crippen LogP contribution in [0.25, 0.3) is 0 Å². The van der Waals surface area contributed by atoms with E-state index in [-0.39, 0.29) is 6.42 Å². The molecule has 0 aliphatic rings. The van der Waals surface area contributed by atoms with Gasteiger partial charge in [0.1, 0.15) is 0 Å².